The summed E-state index contributed by atoms with van der Waals surface area (Å²) in [5.41, 5.74) is 0.0607. The Morgan fingerprint density at radius 1 is 1.09 bits per heavy atom. The number of fused-ring (bicyclic) bond motifs is 2. The van der Waals surface area contributed by atoms with Crippen LogP contribution < -0.4 is 4.74 Å². The minimum Gasteiger partial charge on any atom is -0.505 e. The second-order valence-corrected chi connectivity index (χ2v) is 7.62. The zero-order valence-electron chi connectivity index (χ0n) is 17.3. The van der Waals surface area contributed by atoms with Gasteiger partial charge in [0.2, 0.25) is 0 Å². The number of rotatable bonds is 3. The number of morpholine rings is 1. The van der Waals surface area contributed by atoms with Crippen molar-refractivity contribution in [1.82, 2.24) is 14.8 Å². The van der Waals surface area contributed by atoms with Gasteiger partial charge in [0, 0.05) is 24.7 Å². The van der Waals surface area contributed by atoms with Crippen LogP contribution in [0.2, 0.25) is 0 Å². The Morgan fingerprint density at radius 2 is 1.79 bits per heavy atom. The van der Waals surface area contributed by atoms with Crippen LogP contribution in [0.3, 0.4) is 0 Å². The summed E-state index contributed by atoms with van der Waals surface area (Å²) in [5, 5.41) is 11.0. The first kappa shape index (κ1) is 20.8. The number of nitrogens with zero attached hydrogens (tertiary/aromatic N) is 3. The Labute approximate surface area is 186 Å². The molecule has 3 aromatic rings. The standard InChI is InChI=1S/C23H18FN3O6/c24-14-5-3-13(4-6-14)12-27-21(29)16-17(22(27)30)20(15-2-1-7-25-18(15)19(16)28)33-23(31)26-8-10-32-11-9-26/h1-7,28H,8-12H2. The highest BCUT2D eigenvalue weighted by Gasteiger charge is 2.43. The van der Waals surface area contributed by atoms with E-state index in [1.165, 1.54) is 35.4 Å². The van der Waals surface area contributed by atoms with Gasteiger partial charge in [0.1, 0.15) is 22.5 Å². The number of amides is 3. The Hall–Kier alpha value is -4.05. The minimum atomic E-state index is -0.756. The first-order chi connectivity index (χ1) is 16.0. The molecule has 10 heteroatoms. The number of phenolic OH excluding ortho intramolecular Hbond substituents is 1. The van der Waals surface area contributed by atoms with Gasteiger partial charge in [-0.25, -0.2) is 9.18 Å². The number of imide groups is 1. The number of hydrogen-bond acceptors (Lipinski definition) is 7. The Kier molecular flexibility index (Phi) is 5.14. The summed E-state index contributed by atoms with van der Waals surface area (Å²) in [6, 6.07) is 8.46. The van der Waals surface area contributed by atoms with E-state index >= 15 is 0 Å². The maximum Gasteiger partial charge on any atom is 0.415 e. The van der Waals surface area contributed by atoms with Crippen molar-refractivity contribution in [1.29, 1.82) is 0 Å². The zero-order valence-corrected chi connectivity index (χ0v) is 17.3. The van der Waals surface area contributed by atoms with Crippen molar-refractivity contribution in [2.75, 3.05) is 26.3 Å². The van der Waals surface area contributed by atoms with E-state index in [0.29, 0.717) is 31.9 Å². The molecule has 1 saturated heterocycles. The summed E-state index contributed by atoms with van der Waals surface area (Å²) in [6.45, 7) is 1.20. The molecule has 2 aromatic carbocycles. The molecule has 0 radical (unpaired) electrons. The lowest BCUT2D eigenvalue weighted by Gasteiger charge is -2.26. The quantitative estimate of drug-likeness (QED) is 0.610. The van der Waals surface area contributed by atoms with E-state index in [4.69, 9.17) is 9.47 Å². The van der Waals surface area contributed by atoms with Crippen molar-refractivity contribution >= 4 is 28.8 Å². The number of benzene rings is 2. The average molecular weight is 451 g/mol. The SMILES string of the molecule is O=C(Oc1c2c(c(O)c3ncccc13)C(=O)N(Cc1ccc(F)cc1)C2=O)N1CCOCC1. The molecule has 1 N–H and O–H groups in total. The molecule has 0 atom stereocenters. The van der Waals surface area contributed by atoms with Crippen LogP contribution in [-0.2, 0) is 11.3 Å². The third kappa shape index (κ3) is 3.54. The predicted octanol–water partition coefficient (Wildman–Crippen LogP) is 2.71. The third-order valence-electron chi connectivity index (χ3n) is 5.62. The zero-order chi connectivity index (χ0) is 23.1. The molecule has 2 aliphatic rings. The normalized spacial score (nSPS) is 15.8. The molecule has 0 spiro atoms. The van der Waals surface area contributed by atoms with Gasteiger partial charge in [-0.2, -0.15) is 0 Å². The van der Waals surface area contributed by atoms with Gasteiger partial charge < -0.3 is 19.5 Å². The highest BCUT2D eigenvalue weighted by atomic mass is 19.1. The van der Waals surface area contributed by atoms with E-state index in [2.05, 4.69) is 4.98 Å². The molecule has 3 heterocycles. The van der Waals surface area contributed by atoms with Crippen LogP contribution >= 0.6 is 0 Å². The fraction of sp³-hybridized carbons (Fsp3) is 0.217. The number of aromatic hydroxyl groups is 1. The topological polar surface area (TPSA) is 109 Å². The van der Waals surface area contributed by atoms with Gasteiger partial charge in [0.05, 0.1) is 19.8 Å². The molecule has 168 valence electrons. The van der Waals surface area contributed by atoms with Crippen molar-refractivity contribution in [3.63, 3.8) is 0 Å². The van der Waals surface area contributed by atoms with Gasteiger partial charge in [-0.1, -0.05) is 12.1 Å². The van der Waals surface area contributed by atoms with E-state index in [1.54, 1.807) is 12.1 Å². The maximum atomic E-state index is 13.3. The molecule has 9 nitrogen and oxygen atoms in total. The van der Waals surface area contributed by atoms with Gasteiger partial charge in [0.15, 0.2) is 11.5 Å². The summed E-state index contributed by atoms with van der Waals surface area (Å²) in [7, 11) is 0. The lowest BCUT2D eigenvalue weighted by atomic mass is 10.0. The van der Waals surface area contributed by atoms with E-state index < -0.39 is 29.5 Å². The number of carbonyl (C=O) groups is 3. The Bertz CT molecular complexity index is 1290. The lowest BCUT2D eigenvalue weighted by molar-refractivity contribution is 0.0416. The number of ether oxygens (including phenoxy) is 2. The van der Waals surface area contributed by atoms with Gasteiger partial charge in [-0.05, 0) is 29.8 Å². The molecule has 2 aliphatic heterocycles. The lowest BCUT2D eigenvalue weighted by Crippen LogP contribution is -2.42. The number of pyridine rings is 1. The molecule has 0 unspecified atom stereocenters. The first-order valence-electron chi connectivity index (χ1n) is 10.2. The van der Waals surface area contributed by atoms with Crippen LogP contribution in [0.1, 0.15) is 26.3 Å². The highest BCUT2D eigenvalue weighted by molar-refractivity contribution is 6.27. The summed E-state index contributed by atoms with van der Waals surface area (Å²) < 4.78 is 24.1. The van der Waals surface area contributed by atoms with Crippen LogP contribution in [0.4, 0.5) is 9.18 Å². The van der Waals surface area contributed by atoms with Crippen molar-refractivity contribution in [2.24, 2.45) is 0 Å². The number of halogens is 1. The molecule has 0 bridgehead atoms. The molecule has 0 aliphatic carbocycles. The van der Waals surface area contributed by atoms with Crippen LogP contribution in [0, 0.1) is 5.82 Å². The summed E-state index contributed by atoms with van der Waals surface area (Å²) >= 11 is 0. The molecule has 1 aromatic heterocycles. The minimum absolute atomic E-state index is 0.0332. The Morgan fingerprint density at radius 3 is 2.52 bits per heavy atom. The second kappa shape index (κ2) is 8.14. The maximum absolute atomic E-state index is 13.3. The fourth-order valence-corrected chi connectivity index (χ4v) is 3.96. The van der Waals surface area contributed by atoms with Crippen molar-refractivity contribution < 1.29 is 33.4 Å². The van der Waals surface area contributed by atoms with Gasteiger partial charge in [-0.3, -0.25) is 19.5 Å². The number of carbonyl (C=O) groups excluding carboxylic acids is 3. The number of phenols is 1. The van der Waals surface area contributed by atoms with Gasteiger partial charge >= 0.3 is 6.09 Å². The molecule has 33 heavy (non-hydrogen) atoms. The second-order valence-electron chi connectivity index (χ2n) is 7.62. The van der Waals surface area contributed by atoms with Gasteiger partial charge in [0.25, 0.3) is 11.8 Å². The van der Waals surface area contributed by atoms with Crippen LogP contribution in [-0.4, -0.2) is 64.1 Å². The smallest absolute Gasteiger partial charge is 0.415 e. The Balaban J connectivity index is 1.59. The molecular weight excluding hydrogens is 433 g/mol. The summed E-state index contributed by atoms with van der Waals surface area (Å²) in [5.74, 6) is -2.54. The number of aromatic nitrogens is 1. The fourth-order valence-electron chi connectivity index (χ4n) is 3.96. The molecule has 0 saturated carbocycles. The third-order valence-corrected chi connectivity index (χ3v) is 5.62. The van der Waals surface area contributed by atoms with E-state index in [9.17, 15) is 23.9 Å². The van der Waals surface area contributed by atoms with E-state index in [-0.39, 0.29) is 34.3 Å². The van der Waals surface area contributed by atoms with Crippen molar-refractivity contribution in [3.8, 4) is 11.5 Å². The monoisotopic (exact) mass is 451 g/mol. The molecule has 1 fully saturated rings. The number of hydrogen-bond donors (Lipinski definition) is 1. The van der Waals surface area contributed by atoms with Crippen LogP contribution in [0.5, 0.6) is 11.5 Å². The van der Waals surface area contributed by atoms with Crippen LogP contribution in [0.25, 0.3) is 10.9 Å². The van der Waals surface area contributed by atoms with Crippen molar-refractivity contribution in [2.45, 2.75) is 6.54 Å². The highest BCUT2D eigenvalue weighted by Crippen LogP contribution is 2.44. The van der Waals surface area contributed by atoms with Crippen molar-refractivity contribution in [3.05, 3.63) is 65.1 Å². The summed E-state index contributed by atoms with van der Waals surface area (Å²) in [6.07, 6.45) is 0.716. The predicted molar refractivity (Wildman–Crippen MR) is 112 cm³/mol. The largest absolute Gasteiger partial charge is 0.505 e. The van der Waals surface area contributed by atoms with E-state index in [0.717, 1.165) is 4.90 Å². The average Bonchev–Trinajstić information content (AvgIpc) is 3.08. The van der Waals surface area contributed by atoms with E-state index in [1.807, 2.05) is 0 Å². The molecule has 3 amide bonds. The first-order valence-corrected chi connectivity index (χ1v) is 10.2. The van der Waals surface area contributed by atoms with Gasteiger partial charge in [-0.15, -0.1) is 0 Å². The van der Waals surface area contributed by atoms with Crippen LogP contribution in [0.15, 0.2) is 42.6 Å². The summed E-state index contributed by atoms with van der Waals surface area (Å²) in [4.78, 5) is 45.8. The molecule has 5 rings (SSSR count). The molecular formula is C23H18FN3O6.